The predicted octanol–water partition coefficient (Wildman–Crippen LogP) is 1.27. The standard InChI is InChI=1S/C18H42N6/c1-16(2,7-10-19)15-13-23(17(3,4)8-11-20)22-24(14-15)18(5,6)9-12-21/h15,22H,7-14,19-21H2,1-6H3. The summed E-state index contributed by atoms with van der Waals surface area (Å²) in [4.78, 5) is 0. The number of nitrogens with zero attached hydrogens (tertiary/aromatic N) is 2. The Bertz CT molecular complexity index is 317. The van der Waals surface area contributed by atoms with Crippen LogP contribution < -0.4 is 22.7 Å². The highest BCUT2D eigenvalue weighted by molar-refractivity contribution is 4.93. The van der Waals surface area contributed by atoms with E-state index in [2.05, 4.69) is 57.1 Å². The molecule has 1 saturated heterocycles. The molecular weight excluding hydrogens is 300 g/mol. The van der Waals surface area contributed by atoms with Crippen molar-refractivity contribution >= 4 is 0 Å². The van der Waals surface area contributed by atoms with Gasteiger partial charge in [-0.05, 0) is 77.9 Å². The summed E-state index contributed by atoms with van der Waals surface area (Å²) in [6.07, 6.45) is 2.94. The minimum Gasteiger partial charge on any atom is -0.330 e. The van der Waals surface area contributed by atoms with E-state index in [0.29, 0.717) is 19.0 Å². The number of nitrogens with one attached hydrogen (secondary N) is 1. The molecule has 1 heterocycles. The number of rotatable bonds is 9. The van der Waals surface area contributed by atoms with Crippen molar-refractivity contribution in [2.45, 2.75) is 71.9 Å². The van der Waals surface area contributed by atoms with Crippen LogP contribution in [-0.4, -0.2) is 53.8 Å². The van der Waals surface area contributed by atoms with Crippen molar-refractivity contribution in [1.29, 1.82) is 0 Å². The molecule has 144 valence electrons. The summed E-state index contributed by atoms with van der Waals surface area (Å²) >= 11 is 0. The zero-order chi connectivity index (χ0) is 18.6. The second-order valence-corrected chi connectivity index (χ2v) is 9.25. The van der Waals surface area contributed by atoms with Gasteiger partial charge in [-0.15, -0.1) is 0 Å². The van der Waals surface area contributed by atoms with Gasteiger partial charge in [0.2, 0.25) is 0 Å². The Kier molecular flexibility index (Phi) is 7.66. The third kappa shape index (κ3) is 5.38. The highest BCUT2D eigenvalue weighted by atomic mass is 15.8. The summed E-state index contributed by atoms with van der Waals surface area (Å²) in [7, 11) is 0. The monoisotopic (exact) mass is 342 g/mol. The molecule has 0 bridgehead atoms. The molecule has 0 aliphatic carbocycles. The maximum atomic E-state index is 5.88. The van der Waals surface area contributed by atoms with E-state index in [1.165, 1.54) is 0 Å². The lowest BCUT2D eigenvalue weighted by molar-refractivity contribution is -0.154. The molecule has 0 atom stereocenters. The van der Waals surface area contributed by atoms with E-state index in [4.69, 9.17) is 17.2 Å². The minimum atomic E-state index is 0.00323. The van der Waals surface area contributed by atoms with Crippen molar-refractivity contribution in [3.63, 3.8) is 0 Å². The number of hydrogen-bond donors (Lipinski definition) is 4. The Labute approximate surface area is 149 Å². The second kappa shape index (κ2) is 8.43. The average molecular weight is 343 g/mol. The molecule has 0 saturated carbocycles. The molecule has 0 radical (unpaired) electrons. The van der Waals surface area contributed by atoms with Crippen molar-refractivity contribution < 1.29 is 0 Å². The molecule has 0 aromatic heterocycles. The fourth-order valence-corrected chi connectivity index (χ4v) is 3.54. The van der Waals surface area contributed by atoms with E-state index >= 15 is 0 Å². The summed E-state index contributed by atoms with van der Waals surface area (Å²) in [5, 5.41) is 4.76. The second-order valence-electron chi connectivity index (χ2n) is 9.25. The molecule has 1 rings (SSSR count). The molecule has 0 aromatic rings. The lowest BCUT2D eigenvalue weighted by atomic mass is 9.74. The first-order valence-electron chi connectivity index (χ1n) is 9.42. The van der Waals surface area contributed by atoms with Crippen molar-refractivity contribution in [2.24, 2.45) is 28.5 Å². The number of hydrazine groups is 2. The Morgan fingerprint density at radius 1 is 0.750 bits per heavy atom. The molecule has 1 fully saturated rings. The first kappa shape index (κ1) is 21.8. The van der Waals surface area contributed by atoms with Gasteiger partial charge in [0.15, 0.2) is 0 Å². The molecule has 1 aliphatic heterocycles. The maximum Gasteiger partial charge on any atom is 0.0323 e. The van der Waals surface area contributed by atoms with Crippen LogP contribution in [0, 0.1) is 11.3 Å². The lowest BCUT2D eigenvalue weighted by Gasteiger charge is -2.55. The van der Waals surface area contributed by atoms with Crippen LogP contribution in [0.25, 0.3) is 0 Å². The highest BCUT2D eigenvalue weighted by Crippen LogP contribution is 2.37. The van der Waals surface area contributed by atoms with Crippen molar-refractivity contribution in [1.82, 2.24) is 15.6 Å². The van der Waals surface area contributed by atoms with E-state index in [9.17, 15) is 0 Å². The van der Waals surface area contributed by atoms with E-state index in [-0.39, 0.29) is 16.5 Å². The van der Waals surface area contributed by atoms with E-state index in [1.807, 2.05) is 0 Å². The summed E-state index contributed by atoms with van der Waals surface area (Å²) in [6, 6.07) is 0. The van der Waals surface area contributed by atoms with Crippen molar-refractivity contribution in [3.05, 3.63) is 0 Å². The van der Waals surface area contributed by atoms with E-state index in [0.717, 1.165) is 38.9 Å². The fourth-order valence-electron chi connectivity index (χ4n) is 3.54. The van der Waals surface area contributed by atoms with Gasteiger partial charge in [0, 0.05) is 24.2 Å². The van der Waals surface area contributed by atoms with Crippen LogP contribution in [0.4, 0.5) is 0 Å². The summed E-state index contributed by atoms with van der Waals surface area (Å²) in [6.45, 7) is 17.9. The quantitative estimate of drug-likeness (QED) is 0.504. The maximum absolute atomic E-state index is 5.88. The highest BCUT2D eigenvalue weighted by Gasteiger charge is 2.43. The number of hydrogen-bond acceptors (Lipinski definition) is 6. The molecule has 0 unspecified atom stereocenters. The average Bonchev–Trinajstić information content (AvgIpc) is 2.46. The van der Waals surface area contributed by atoms with Gasteiger partial charge in [0.05, 0.1) is 0 Å². The summed E-state index contributed by atoms with van der Waals surface area (Å²) in [5.41, 5.74) is 21.5. The molecule has 6 nitrogen and oxygen atoms in total. The van der Waals surface area contributed by atoms with Gasteiger partial charge in [-0.25, -0.2) is 10.0 Å². The van der Waals surface area contributed by atoms with E-state index in [1.54, 1.807) is 0 Å². The van der Waals surface area contributed by atoms with Crippen molar-refractivity contribution in [3.8, 4) is 0 Å². The Balaban J connectivity index is 3.07. The van der Waals surface area contributed by atoms with Gasteiger partial charge in [-0.1, -0.05) is 13.8 Å². The van der Waals surface area contributed by atoms with Crippen LogP contribution >= 0.6 is 0 Å². The van der Waals surface area contributed by atoms with Gasteiger partial charge in [-0.2, -0.15) is 5.53 Å². The summed E-state index contributed by atoms with van der Waals surface area (Å²) in [5.74, 6) is 0.538. The molecule has 1 aliphatic rings. The topological polar surface area (TPSA) is 96.6 Å². The fraction of sp³-hybridized carbons (Fsp3) is 1.00. The number of nitrogens with two attached hydrogens (primary N) is 3. The SMILES string of the molecule is CC(C)(CCN)C1CN(C(C)(C)CCN)NN(C(C)(C)CCN)C1. The molecule has 7 N–H and O–H groups in total. The zero-order valence-electron chi connectivity index (χ0n) is 16.9. The Hall–Kier alpha value is -0.240. The van der Waals surface area contributed by atoms with Crippen molar-refractivity contribution in [2.75, 3.05) is 32.7 Å². The molecule has 0 spiro atoms. The largest absolute Gasteiger partial charge is 0.330 e. The normalized spacial score (nSPS) is 19.9. The Morgan fingerprint density at radius 2 is 1.12 bits per heavy atom. The molecule has 6 heteroatoms. The van der Waals surface area contributed by atoms with Gasteiger partial charge in [-0.3, -0.25) is 0 Å². The molecule has 0 aromatic carbocycles. The predicted molar refractivity (Wildman–Crippen MR) is 103 cm³/mol. The minimum absolute atomic E-state index is 0.00323. The van der Waals surface area contributed by atoms with Gasteiger partial charge in [0.25, 0.3) is 0 Å². The molecule has 24 heavy (non-hydrogen) atoms. The molecular formula is C18H42N6. The Morgan fingerprint density at radius 3 is 1.46 bits per heavy atom. The van der Waals surface area contributed by atoms with E-state index < -0.39 is 0 Å². The summed E-state index contributed by atoms with van der Waals surface area (Å²) < 4.78 is 0. The van der Waals surface area contributed by atoms with Crippen LogP contribution in [0.3, 0.4) is 0 Å². The van der Waals surface area contributed by atoms with Crippen LogP contribution in [0.1, 0.15) is 60.8 Å². The van der Waals surface area contributed by atoms with Crippen LogP contribution in [-0.2, 0) is 0 Å². The first-order valence-corrected chi connectivity index (χ1v) is 9.42. The van der Waals surface area contributed by atoms with Gasteiger partial charge >= 0.3 is 0 Å². The molecule has 0 amide bonds. The third-order valence-corrected chi connectivity index (χ3v) is 5.91. The van der Waals surface area contributed by atoms with Crippen LogP contribution in [0.5, 0.6) is 0 Å². The lowest BCUT2D eigenvalue weighted by Crippen LogP contribution is -2.70. The van der Waals surface area contributed by atoms with Gasteiger partial charge < -0.3 is 17.2 Å². The first-order chi connectivity index (χ1) is 11.0. The smallest absolute Gasteiger partial charge is 0.0323 e. The van der Waals surface area contributed by atoms with Crippen LogP contribution in [0.15, 0.2) is 0 Å². The van der Waals surface area contributed by atoms with Crippen LogP contribution in [0.2, 0.25) is 0 Å². The zero-order valence-corrected chi connectivity index (χ0v) is 16.9. The third-order valence-electron chi connectivity index (χ3n) is 5.91. The van der Waals surface area contributed by atoms with Gasteiger partial charge in [0.1, 0.15) is 0 Å².